The van der Waals surface area contributed by atoms with E-state index in [0.717, 1.165) is 18.4 Å². The first-order valence-corrected chi connectivity index (χ1v) is 7.13. The van der Waals surface area contributed by atoms with Gasteiger partial charge in [0, 0.05) is 23.8 Å². The van der Waals surface area contributed by atoms with Gasteiger partial charge in [0.15, 0.2) is 0 Å². The van der Waals surface area contributed by atoms with Crippen molar-refractivity contribution >= 4 is 17.5 Å². The summed E-state index contributed by atoms with van der Waals surface area (Å²) in [5.41, 5.74) is 0.261. The number of hydrogen-bond acceptors (Lipinski definition) is 1. The van der Waals surface area contributed by atoms with Crippen LogP contribution >= 0.6 is 11.6 Å². The van der Waals surface area contributed by atoms with Crippen LogP contribution in [-0.4, -0.2) is 18.3 Å². The number of amides is 1. The molecule has 3 aliphatic carbocycles. The zero-order valence-corrected chi connectivity index (χ0v) is 10.4. The molecule has 3 fully saturated rings. The summed E-state index contributed by atoms with van der Waals surface area (Å²) in [6, 6.07) is 0. The Balaban J connectivity index is 1.47. The van der Waals surface area contributed by atoms with E-state index in [1.165, 1.54) is 38.5 Å². The molecular formula is C13H20ClNO. The smallest absolute Gasteiger partial charge is 0.223 e. The van der Waals surface area contributed by atoms with Crippen LogP contribution in [0.15, 0.2) is 0 Å². The SMILES string of the molecule is O=C(NCC1(CCl)CC1)C1C2CCCCC21. The average Bonchev–Trinajstić information content (AvgIpc) is 3.21. The lowest BCUT2D eigenvalue weighted by molar-refractivity contribution is -0.123. The molecule has 0 aromatic rings. The summed E-state index contributed by atoms with van der Waals surface area (Å²) in [4.78, 5) is 12.0. The van der Waals surface area contributed by atoms with Crippen LogP contribution < -0.4 is 5.32 Å². The number of nitrogens with one attached hydrogen (secondary N) is 1. The van der Waals surface area contributed by atoms with Gasteiger partial charge in [-0.2, -0.15) is 0 Å². The van der Waals surface area contributed by atoms with Crippen molar-refractivity contribution in [1.82, 2.24) is 5.32 Å². The van der Waals surface area contributed by atoms with Crippen LogP contribution in [0, 0.1) is 23.2 Å². The van der Waals surface area contributed by atoms with Gasteiger partial charge in [-0.25, -0.2) is 0 Å². The summed E-state index contributed by atoms with van der Waals surface area (Å²) in [6.07, 6.45) is 7.60. The van der Waals surface area contributed by atoms with E-state index in [-0.39, 0.29) is 5.41 Å². The number of hydrogen-bond donors (Lipinski definition) is 1. The normalized spacial score (nSPS) is 38.7. The lowest BCUT2D eigenvalue weighted by Gasteiger charge is -2.12. The Bertz CT molecular complexity index is 288. The van der Waals surface area contributed by atoms with Gasteiger partial charge in [-0.1, -0.05) is 12.8 Å². The van der Waals surface area contributed by atoms with Crippen LogP contribution in [0.25, 0.3) is 0 Å². The van der Waals surface area contributed by atoms with Crippen molar-refractivity contribution in [2.75, 3.05) is 12.4 Å². The molecule has 0 aliphatic heterocycles. The Labute approximate surface area is 102 Å². The standard InChI is InChI=1S/C13H20ClNO/c14-7-13(5-6-13)8-15-12(16)11-9-3-1-2-4-10(9)11/h9-11H,1-8H2,(H,15,16). The van der Waals surface area contributed by atoms with Gasteiger partial charge in [0.05, 0.1) is 0 Å². The van der Waals surface area contributed by atoms with Crippen molar-refractivity contribution < 1.29 is 4.79 Å². The van der Waals surface area contributed by atoms with Gasteiger partial charge >= 0.3 is 0 Å². The van der Waals surface area contributed by atoms with Crippen molar-refractivity contribution in [2.45, 2.75) is 38.5 Å². The highest BCUT2D eigenvalue weighted by Crippen LogP contribution is 2.55. The first-order chi connectivity index (χ1) is 7.76. The molecule has 0 bridgehead atoms. The summed E-state index contributed by atoms with van der Waals surface area (Å²) < 4.78 is 0. The Morgan fingerprint density at radius 3 is 2.38 bits per heavy atom. The van der Waals surface area contributed by atoms with Gasteiger partial charge in [-0.3, -0.25) is 4.79 Å². The van der Waals surface area contributed by atoms with Gasteiger partial charge in [0.2, 0.25) is 5.91 Å². The molecule has 0 aromatic heterocycles. The highest BCUT2D eigenvalue weighted by atomic mass is 35.5. The Kier molecular flexibility index (Phi) is 2.66. The minimum absolute atomic E-state index is 0.261. The summed E-state index contributed by atoms with van der Waals surface area (Å²) in [7, 11) is 0. The molecule has 0 spiro atoms. The van der Waals surface area contributed by atoms with Crippen LogP contribution in [0.2, 0.25) is 0 Å². The van der Waals surface area contributed by atoms with E-state index in [0.29, 0.717) is 17.7 Å². The summed E-state index contributed by atoms with van der Waals surface area (Å²) in [5, 5.41) is 3.13. The third-order valence-corrected chi connectivity index (χ3v) is 5.40. The maximum absolute atomic E-state index is 12.0. The van der Waals surface area contributed by atoms with Crippen LogP contribution in [0.4, 0.5) is 0 Å². The zero-order valence-electron chi connectivity index (χ0n) is 9.68. The van der Waals surface area contributed by atoms with Gasteiger partial charge < -0.3 is 5.32 Å². The zero-order chi connectivity index (χ0) is 11.2. The molecule has 90 valence electrons. The number of carbonyl (C=O) groups is 1. The van der Waals surface area contributed by atoms with Crippen molar-refractivity contribution in [2.24, 2.45) is 23.2 Å². The minimum atomic E-state index is 0.261. The van der Waals surface area contributed by atoms with Crippen LogP contribution in [0.3, 0.4) is 0 Å². The van der Waals surface area contributed by atoms with E-state index in [1.54, 1.807) is 0 Å². The number of alkyl halides is 1. The van der Waals surface area contributed by atoms with E-state index in [1.807, 2.05) is 0 Å². The number of rotatable bonds is 4. The molecule has 0 aromatic carbocycles. The van der Waals surface area contributed by atoms with Crippen molar-refractivity contribution in [3.63, 3.8) is 0 Å². The topological polar surface area (TPSA) is 29.1 Å². The van der Waals surface area contributed by atoms with E-state index in [2.05, 4.69) is 5.32 Å². The molecule has 3 rings (SSSR count). The van der Waals surface area contributed by atoms with Crippen molar-refractivity contribution in [3.05, 3.63) is 0 Å². The summed E-state index contributed by atoms with van der Waals surface area (Å²) in [5.74, 6) is 2.81. The number of fused-ring (bicyclic) bond motifs is 1. The maximum Gasteiger partial charge on any atom is 0.223 e. The van der Waals surface area contributed by atoms with Crippen LogP contribution in [-0.2, 0) is 4.79 Å². The van der Waals surface area contributed by atoms with Crippen molar-refractivity contribution in [3.8, 4) is 0 Å². The summed E-state index contributed by atoms with van der Waals surface area (Å²) in [6.45, 7) is 0.811. The molecular weight excluding hydrogens is 222 g/mol. The molecule has 2 atom stereocenters. The fourth-order valence-electron chi connectivity index (χ4n) is 3.31. The molecule has 0 radical (unpaired) electrons. The number of carbonyl (C=O) groups excluding carboxylic acids is 1. The van der Waals surface area contributed by atoms with E-state index in [4.69, 9.17) is 11.6 Å². The minimum Gasteiger partial charge on any atom is -0.355 e. The van der Waals surface area contributed by atoms with E-state index >= 15 is 0 Å². The second-order valence-electron chi connectivity index (χ2n) is 5.99. The third-order valence-electron chi connectivity index (χ3n) is 4.84. The lowest BCUT2D eigenvalue weighted by atomic mass is 10.0. The first kappa shape index (κ1) is 10.9. The molecule has 16 heavy (non-hydrogen) atoms. The average molecular weight is 242 g/mol. The second kappa shape index (κ2) is 3.90. The van der Waals surface area contributed by atoms with Crippen LogP contribution in [0.1, 0.15) is 38.5 Å². The number of halogens is 1. The molecule has 1 N–H and O–H groups in total. The predicted molar refractivity (Wildman–Crippen MR) is 64.3 cm³/mol. The Morgan fingerprint density at radius 2 is 1.88 bits per heavy atom. The van der Waals surface area contributed by atoms with Gasteiger partial charge in [-0.05, 0) is 37.5 Å². The second-order valence-corrected chi connectivity index (χ2v) is 6.26. The highest BCUT2D eigenvalue weighted by molar-refractivity contribution is 6.18. The molecule has 2 unspecified atom stereocenters. The first-order valence-electron chi connectivity index (χ1n) is 6.59. The quantitative estimate of drug-likeness (QED) is 0.754. The molecule has 0 saturated heterocycles. The van der Waals surface area contributed by atoms with E-state index < -0.39 is 0 Å². The van der Waals surface area contributed by atoms with Gasteiger partial charge in [0.1, 0.15) is 0 Å². The van der Waals surface area contributed by atoms with E-state index in [9.17, 15) is 4.79 Å². The fourth-order valence-corrected chi connectivity index (χ4v) is 3.67. The Morgan fingerprint density at radius 1 is 1.25 bits per heavy atom. The highest BCUT2D eigenvalue weighted by Gasteiger charge is 2.55. The molecule has 1 amide bonds. The monoisotopic (exact) mass is 241 g/mol. The maximum atomic E-state index is 12.0. The van der Waals surface area contributed by atoms with Gasteiger partial charge in [0.25, 0.3) is 0 Å². The predicted octanol–water partition coefficient (Wildman–Crippen LogP) is 2.56. The molecule has 3 heteroatoms. The molecule has 0 heterocycles. The fraction of sp³-hybridized carbons (Fsp3) is 0.923. The molecule has 3 saturated carbocycles. The lowest BCUT2D eigenvalue weighted by Crippen LogP contribution is -2.32. The van der Waals surface area contributed by atoms with Gasteiger partial charge in [-0.15, -0.1) is 11.6 Å². The molecule has 2 nitrogen and oxygen atoms in total. The molecule has 3 aliphatic rings. The van der Waals surface area contributed by atoms with Crippen LogP contribution in [0.5, 0.6) is 0 Å². The van der Waals surface area contributed by atoms with Crippen molar-refractivity contribution in [1.29, 1.82) is 0 Å². The largest absolute Gasteiger partial charge is 0.355 e. The Hall–Kier alpha value is -0.240. The summed E-state index contributed by atoms with van der Waals surface area (Å²) >= 11 is 5.90. The third kappa shape index (κ3) is 1.85.